The summed E-state index contributed by atoms with van der Waals surface area (Å²) in [4.78, 5) is 0. The van der Waals surface area contributed by atoms with Crippen molar-refractivity contribution in [3.63, 3.8) is 0 Å². The molecule has 1 unspecified atom stereocenters. The molecule has 0 heterocycles. The fraction of sp³-hybridized carbons (Fsp3) is 0.625. The molecule has 0 fully saturated rings. The normalized spacial score (nSPS) is 12.6. The highest BCUT2D eigenvalue weighted by Gasteiger charge is 2.06. The molecular weight excluding hydrogens is 257 g/mol. The largest absolute Gasteiger partial charge is 0.314 e. The fourth-order valence-corrected chi connectivity index (χ4v) is 2.63. The van der Waals surface area contributed by atoms with Crippen molar-refractivity contribution in [2.75, 3.05) is 18.6 Å². The van der Waals surface area contributed by atoms with E-state index in [0.717, 1.165) is 18.5 Å². The van der Waals surface area contributed by atoms with Crippen LogP contribution in [0, 0.1) is 5.82 Å². The molecule has 1 rings (SSSR count). The van der Waals surface area contributed by atoms with Crippen LogP contribution >= 0.6 is 11.8 Å². The molecule has 0 aromatic heterocycles. The lowest BCUT2D eigenvalue weighted by atomic mass is 10.1. The highest BCUT2D eigenvalue weighted by Crippen LogP contribution is 2.09. The topological polar surface area (TPSA) is 12.0 Å². The SMILES string of the molecule is CSCCCCCCNC(C)Cc1ccccc1F. The third kappa shape index (κ3) is 7.58. The third-order valence-corrected chi connectivity index (χ3v) is 3.95. The van der Waals surface area contributed by atoms with Crippen LogP contribution in [0.3, 0.4) is 0 Å². The molecule has 3 heteroatoms. The van der Waals surface area contributed by atoms with E-state index in [1.165, 1.54) is 37.5 Å². The van der Waals surface area contributed by atoms with E-state index in [-0.39, 0.29) is 5.82 Å². The standard InChI is InChI=1S/C16H26FNS/c1-14(13-15-9-5-6-10-16(15)17)18-11-7-3-4-8-12-19-2/h5-6,9-10,14,18H,3-4,7-8,11-13H2,1-2H3. The maximum Gasteiger partial charge on any atom is 0.126 e. The first-order valence-corrected chi connectivity index (χ1v) is 8.59. The van der Waals surface area contributed by atoms with Gasteiger partial charge in [-0.05, 0) is 56.4 Å². The molecule has 108 valence electrons. The van der Waals surface area contributed by atoms with Gasteiger partial charge in [-0.15, -0.1) is 0 Å². The smallest absolute Gasteiger partial charge is 0.126 e. The molecule has 0 aliphatic rings. The number of unbranched alkanes of at least 4 members (excludes halogenated alkanes) is 3. The summed E-state index contributed by atoms with van der Waals surface area (Å²) in [6.07, 6.45) is 8.08. The Bertz CT molecular complexity index is 343. The molecule has 0 amide bonds. The van der Waals surface area contributed by atoms with Gasteiger partial charge in [-0.2, -0.15) is 11.8 Å². The fourth-order valence-electron chi connectivity index (χ4n) is 2.14. The minimum atomic E-state index is -0.0896. The second-order valence-electron chi connectivity index (χ2n) is 5.06. The average Bonchev–Trinajstić information content (AvgIpc) is 2.40. The van der Waals surface area contributed by atoms with Gasteiger partial charge in [0, 0.05) is 6.04 Å². The lowest BCUT2D eigenvalue weighted by Gasteiger charge is -2.14. The van der Waals surface area contributed by atoms with Gasteiger partial charge in [0.05, 0.1) is 0 Å². The second kappa shape index (κ2) is 10.3. The number of thioether (sulfide) groups is 1. The summed E-state index contributed by atoms with van der Waals surface area (Å²) < 4.78 is 13.5. The minimum Gasteiger partial charge on any atom is -0.314 e. The highest BCUT2D eigenvalue weighted by atomic mass is 32.2. The van der Waals surface area contributed by atoms with Crippen molar-refractivity contribution >= 4 is 11.8 Å². The van der Waals surface area contributed by atoms with Gasteiger partial charge in [0.15, 0.2) is 0 Å². The summed E-state index contributed by atoms with van der Waals surface area (Å²) in [6.45, 7) is 3.16. The summed E-state index contributed by atoms with van der Waals surface area (Å²) in [7, 11) is 0. The zero-order valence-electron chi connectivity index (χ0n) is 12.1. The van der Waals surface area contributed by atoms with Gasteiger partial charge in [0.1, 0.15) is 5.82 Å². The van der Waals surface area contributed by atoms with E-state index in [1.54, 1.807) is 6.07 Å². The summed E-state index contributed by atoms with van der Waals surface area (Å²) in [5.41, 5.74) is 0.808. The summed E-state index contributed by atoms with van der Waals surface area (Å²) in [5, 5.41) is 3.48. The Kier molecular flexibility index (Phi) is 8.93. The van der Waals surface area contributed by atoms with Gasteiger partial charge < -0.3 is 5.32 Å². The van der Waals surface area contributed by atoms with Gasteiger partial charge in [-0.25, -0.2) is 4.39 Å². The quantitative estimate of drug-likeness (QED) is 0.644. The maximum atomic E-state index is 13.5. The first kappa shape index (κ1) is 16.5. The zero-order valence-corrected chi connectivity index (χ0v) is 12.9. The van der Waals surface area contributed by atoms with Gasteiger partial charge in [0.25, 0.3) is 0 Å². The van der Waals surface area contributed by atoms with Crippen molar-refractivity contribution in [1.82, 2.24) is 5.32 Å². The Morgan fingerprint density at radius 2 is 1.89 bits per heavy atom. The van der Waals surface area contributed by atoms with Gasteiger partial charge in [-0.3, -0.25) is 0 Å². The van der Waals surface area contributed by atoms with Crippen LogP contribution in [0.15, 0.2) is 24.3 Å². The molecule has 0 aliphatic heterocycles. The summed E-state index contributed by atoms with van der Waals surface area (Å²) in [5.74, 6) is 1.19. The van der Waals surface area contributed by atoms with E-state index in [1.807, 2.05) is 23.9 Å². The van der Waals surface area contributed by atoms with Gasteiger partial charge in [0.2, 0.25) is 0 Å². The van der Waals surface area contributed by atoms with Crippen LogP contribution in [0.4, 0.5) is 4.39 Å². The lowest BCUT2D eigenvalue weighted by Crippen LogP contribution is -2.29. The molecule has 1 aromatic rings. The van der Waals surface area contributed by atoms with Crippen molar-refractivity contribution in [1.29, 1.82) is 0 Å². The van der Waals surface area contributed by atoms with E-state index in [9.17, 15) is 4.39 Å². The van der Waals surface area contributed by atoms with Crippen molar-refractivity contribution in [2.45, 2.75) is 45.1 Å². The third-order valence-electron chi connectivity index (χ3n) is 3.25. The van der Waals surface area contributed by atoms with Crippen LogP contribution in [0.1, 0.15) is 38.2 Å². The molecule has 1 atom stereocenters. The van der Waals surface area contributed by atoms with Crippen LogP contribution in [0.2, 0.25) is 0 Å². The van der Waals surface area contributed by atoms with E-state index in [2.05, 4.69) is 18.5 Å². The summed E-state index contributed by atoms with van der Waals surface area (Å²) in [6, 6.07) is 7.38. The number of rotatable bonds is 10. The monoisotopic (exact) mass is 283 g/mol. The minimum absolute atomic E-state index is 0.0896. The van der Waals surface area contributed by atoms with Crippen LogP contribution in [0.5, 0.6) is 0 Å². The Hall–Kier alpha value is -0.540. The highest BCUT2D eigenvalue weighted by molar-refractivity contribution is 7.98. The van der Waals surface area contributed by atoms with Crippen molar-refractivity contribution in [2.24, 2.45) is 0 Å². The van der Waals surface area contributed by atoms with Crippen molar-refractivity contribution in [3.8, 4) is 0 Å². The van der Waals surface area contributed by atoms with E-state index in [4.69, 9.17) is 0 Å². The molecule has 0 spiro atoms. The molecule has 1 N–H and O–H groups in total. The van der Waals surface area contributed by atoms with Gasteiger partial charge in [-0.1, -0.05) is 31.0 Å². The van der Waals surface area contributed by atoms with Crippen molar-refractivity contribution < 1.29 is 4.39 Å². The van der Waals surface area contributed by atoms with Crippen LogP contribution in [0.25, 0.3) is 0 Å². The molecule has 1 aromatic carbocycles. The zero-order chi connectivity index (χ0) is 13.9. The van der Waals surface area contributed by atoms with Crippen LogP contribution in [-0.4, -0.2) is 24.6 Å². The summed E-state index contributed by atoms with van der Waals surface area (Å²) >= 11 is 1.92. The second-order valence-corrected chi connectivity index (χ2v) is 6.04. The predicted octanol–water partition coefficient (Wildman–Crippen LogP) is 4.27. The molecular formula is C16H26FNS. The van der Waals surface area contributed by atoms with Crippen LogP contribution in [-0.2, 0) is 6.42 Å². The first-order chi connectivity index (χ1) is 9.24. The molecule has 0 aliphatic carbocycles. The molecule has 0 saturated heterocycles. The number of nitrogens with one attached hydrogen (secondary N) is 1. The first-order valence-electron chi connectivity index (χ1n) is 7.19. The molecule has 0 bridgehead atoms. The molecule has 0 radical (unpaired) electrons. The van der Waals surface area contributed by atoms with Crippen LogP contribution < -0.4 is 5.32 Å². The number of hydrogen-bond donors (Lipinski definition) is 1. The lowest BCUT2D eigenvalue weighted by molar-refractivity contribution is 0.507. The molecule has 1 nitrogen and oxygen atoms in total. The van der Waals surface area contributed by atoms with E-state index < -0.39 is 0 Å². The Morgan fingerprint density at radius 1 is 1.16 bits per heavy atom. The number of benzene rings is 1. The Labute approximate surface area is 121 Å². The maximum absolute atomic E-state index is 13.5. The Balaban J connectivity index is 2.08. The molecule has 19 heavy (non-hydrogen) atoms. The average molecular weight is 283 g/mol. The predicted molar refractivity (Wildman–Crippen MR) is 84.4 cm³/mol. The number of hydrogen-bond acceptors (Lipinski definition) is 2. The molecule has 0 saturated carbocycles. The van der Waals surface area contributed by atoms with E-state index in [0.29, 0.717) is 6.04 Å². The Morgan fingerprint density at radius 3 is 2.63 bits per heavy atom. The van der Waals surface area contributed by atoms with E-state index >= 15 is 0 Å². The van der Waals surface area contributed by atoms with Crippen molar-refractivity contribution in [3.05, 3.63) is 35.6 Å². The number of halogens is 1. The van der Waals surface area contributed by atoms with Gasteiger partial charge >= 0.3 is 0 Å².